The Morgan fingerprint density at radius 3 is 2.32 bits per heavy atom. The summed E-state index contributed by atoms with van der Waals surface area (Å²) in [5, 5.41) is 0. The third-order valence-corrected chi connectivity index (χ3v) is 4.56. The van der Waals surface area contributed by atoms with E-state index in [0.717, 1.165) is 18.8 Å². The predicted molar refractivity (Wildman–Crippen MR) is 81.0 cm³/mol. The molecule has 6 heteroatoms. The van der Waals surface area contributed by atoms with Crippen LogP contribution in [0.25, 0.3) is 0 Å². The Morgan fingerprint density at radius 2 is 1.77 bits per heavy atom. The fourth-order valence-electron chi connectivity index (χ4n) is 3.14. The first-order valence-electron chi connectivity index (χ1n) is 7.61. The first-order chi connectivity index (χ1) is 10.6. The normalized spacial score (nSPS) is 22.4. The maximum atomic E-state index is 13.0. The van der Waals surface area contributed by atoms with E-state index in [9.17, 15) is 14.0 Å². The molecule has 0 spiro atoms. The lowest BCUT2D eigenvalue weighted by molar-refractivity contribution is -0.140. The molecule has 0 bridgehead atoms. The molecule has 22 heavy (non-hydrogen) atoms. The first kappa shape index (κ1) is 14.8. The minimum absolute atomic E-state index is 0.0447. The van der Waals surface area contributed by atoms with Crippen LogP contribution in [0.5, 0.6) is 0 Å². The highest BCUT2D eigenvalue weighted by Crippen LogP contribution is 2.21. The number of hydrogen-bond donors (Lipinski definition) is 0. The second-order valence-corrected chi connectivity index (χ2v) is 5.85. The Kier molecular flexibility index (Phi) is 4.00. The zero-order valence-corrected chi connectivity index (χ0v) is 12.7. The van der Waals surface area contributed by atoms with Gasteiger partial charge in [0, 0.05) is 45.3 Å². The van der Waals surface area contributed by atoms with Gasteiger partial charge in [0.05, 0.1) is 0 Å². The number of rotatable bonds is 2. The van der Waals surface area contributed by atoms with E-state index in [1.54, 1.807) is 24.1 Å². The molecule has 2 fully saturated rings. The predicted octanol–water partition coefficient (Wildman–Crippen LogP) is 1.10. The van der Waals surface area contributed by atoms with Crippen molar-refractivity contribution in [1.29, 1.82) is 0 Å². The van der Waals surface area contributed by atoms with Crippen molar-refractivity contribution in [2.45, 2.75) is 18.9 Å². The lowest BCUT2D eigenvalue weighted by atomic mass is 10.1. The molecule has 2 aliphatic heterocycles. The number of likely N-dealkylation sites (tertiary alicyclic amines) is 1. The summed E-state index contributed by atoms with van der Waals surface area (Å²) in [7, 11) is 1.70. The van der Waals surface area contributed by atoms with E-state index in [2.05, 4.69) is 4.90 Å². The standard InChI is InChI=1S/C16H20FN3O2/c1-18-14(6-7-15(18)21)16(22)20-10-8-19(9-11-20)13-4-2-12(17)3-5-13/h2-5,14H,6-11H2,1H3. The number of hydrogen-bond acceptors (Lipinski definition) is 3. The van der Waals surface area contributed by atoms with Crippen molar-refractivity contribution in [2.75, 3.05) is 38.1 Å². The molecule has 2 amide bonds. The average Bonchev–Trinajstić information content (AvgIpc) is 2.87. The molecule has 2 saturated heterocycles. The molecule has 0 saturated carbocycles. The Labute approximate surface area is 129 Å². The van der Waals surface area contributed by atoms with Crippen LogP contribution in [0, 0.1) is 5.82 Å². The number of piperazine rings is 1. The van der Waals surface area contributed by atoms with Gasteiger partial charge in [-0.15, -0.1) is 0 Å². The molecule has 2 heterocycles. The number of anilines is 1. The van der Waals surface area contributed by atoms with E-state index in [0.29, 0.717) is 25.9 Å². The molecule has 5 nitrogen and oxygen atoms in total. The van der Waals surface area contributed by atoms with Crippen molar-refractivity contribution >= 4 is 17.5 Å². The molecule has 0 aromatic heterocycles. The number of nitrogens with zero attached hydrogens (tertiary/aromatic N) is 3. The Balaban J connectivity index is 1.58. The van der Waals surface area contributed by atoms with Crippen molar-refractivity contribution in [3.05, 3.63) is 30.1 Å². The van der Waals surface area contributed by atoms with Crippen molar-refractivity contribution in [1.82, 2.24) is 9.80 Å². The SMILES string of the molecule is CN1C(=O)CCC1C(=O)N1CCN(c2ccc(F)cc2)CC1. The summed E-state index contributed by atoms with van der Waals surface area (Å²) in [6, 6.07) is 6.12. The summed E-state index contributed by atoms with van der Waals surface area (Å²) in [5.74, 6) is -0.151. The Bertz CT molecular complexity index is 567. The van der Waals surface area contributed by atoms with Gasteiger partial charge in [0.25, 0.3) is 0 Å². The smallest absolute Gasteiger partial charge is 0.245 e. The zero-order valence-electron chi connectivity index (χ0n) is 12.7. The fraction of sp³-hybridized carbons (Fsp3) is 0.500. The number of halogens is 1. The molecular weight excluding hydrogens is 285 g/mol. The molecule has 118 valence electrons. The van der Waals surface area contributed by atoms with E-state index in [4.69, 9.17) is 0 Å². The van der Waals surface area contributed by atoms with Gasteiger partial charge in [-0.05, 0) is 30.7 Å². The minimum atomic E-state index is -0.301. The summed E-state index contributed by atoms with van der Waals surface area (Å²) in [6.45, 7) is 2.72. The summed E-state index contributed by atoms with van der Waals surface area (Å²) in [4.78, 5) is 29.6. The zero-order chi connectivity index (χ0) is 15.7. The second kappa shape index (κ2) is 5.94. The number of carbonyl (C=O) groups excluding carboxylic acids is 2. The van der Waals surface area contributed by atoms with Gasteiger partial charge in [0.1, 0.15) is 11.9 Å². The maximum Gasteiger partial charge on any atom is 0.245 e. The lowest BCUT2D eigenvalue weighted by Gasteiger charge is -2.37. The first-order valence-corrected chi connectivity index (χ1v) is 7.61. The van der Waals surface area contributed by atoms with Gasteiger partial charge in [-0.25, -0.2) is 4.39 Å². The van der Waals surface area contributed by atoms with Gasteiger partial charge < -0.3 is 14.7 Å². The molecule has 3 rings (SSSR count). The highest BCUT2D eigenvalue weighted by Gasteiger charge is 2.36. The third kappa shape index (κ3) is 2.77. The minimum Gasteiger partial charge on any atom is -0.368 e. The number of amides is 2. The molecule has 1 atom stereocenters. The molecule has 0 N–H and O–H groups in total. The highest BCUT2D eigenvalue weighted by atomic mass is 19.1. The van der Waals surface area contributed by atoms with Crippen LogP contribution in [-0.4, -0.2) is 60.9 Å². The van der Waals surface area contributed by atoms with Gasteiger partial charge in [-0.2, -0.15) is 0 Å². The van der Waals surface area contributed by atoms with Gasteiger partial charge >= 0.3 is 0 Å². The summed E-state index contributed by atoms with van der Waals surface area (Å²) in [6.07, 6.45) is 1.08. The molecular formula is C16H20FN3O2. The van der Waals surface area contributed by atoms with Gasteiger partial charge in [-0.3, -0.25) is 9.59 Å². The van der Waals surface area contributed by atoms with Gasteiger partial charge in [0.2, 0.25) is 11.8 Å². The molecule has 0 aliphatic carbocycles. The van der Waals surface area contributed by atoms with Crippen molar-refractivity contribution in [3.63, 3.8) is 0 Å². The number of carbonyl (C=O) groups is 2. The van der Waals surface area contributed by atoms with Crippen LogP contribution < -0.4 is 4.90 Å². The van der Waals surface area contributed by atoms with Crippen LogP contribution in [-0.2, 0) is 9.59 Å². The largest absolute Gasteiger partial charge is 0.368 e. The summed E-state index contributed by atoms with van der Waals surface area (Å²) >= 11 is 0. The van der Waals surface area contributed by atoms with Crippen molar-refractivity contribution in [2.24, 2.45) is 0 Å². The van der Waals surface area contributed by atoms with E-state index in [-0.39, 0.29) is 23.7 Å². The second-order valence-electron chi connectivity index (χ2n) is 5.85. The van der Waals surface area contributed by atoms with Crippen LogP contribution in [0.1, 0.15) is 12.8 Å². The Morgan fingerprint density at radius 1 is 1.14 bits per heavy atom. The van der Waals surface area contributed by atoms with E-state index in [1.807, 2.05) is 4.90 Å². The van der Waals surface area contributed by atoms with E-state index >= 15 is 0 Å². The monoisotopic (exact) mass is 305 g/mol. The molecule has 0 radical (unpaired) electrons. The van der Waals surface area contributed by atoms with Crippen LogP contribution in [0.3, 0.4) is 0 Å². The molecule has 1 aromatic carbocycles. The number of likely N-dealkylation sites (N-methyl/N-ethyl adjacent to an activating group) is 1. The van der Waals surface area contributed by atoms with Crippen molar-refractivity contribution in [3.8, 4) is 0 Å². The van der Waals surface area contributed by atoms with Crippen LogP contribution in [0.2, 0.25) is 0 Å². The average molecular weight is 305 g/mol. The maximum absolute atomic E-state index is 13.0. The molecule has 2 aliphatic rings. The van der Waals surface area contributed by atoms with Crippen LogP contribution in [0.4, 0.5) is 10.1 Å². The molecule has 1 unspecified atom stereocenters. The van der Waals surface area contributed by atoms with Crippen LogP contribution >= 0.6 is 0 Å². The summed E-state index contributed by atoms with van der Waals surface area (Å²) in [5.41, 5.74) is 0.974. The quantitative estimate of drug-likeness (QED) is 0.822. The summed E-state index contributed by atoms with van der Waals surface area (Å²) < 4.78 is 13.0. The van der Waals surface area contributed by atoms with E-state index < -0.39 is 0 Å². The highest BCUT2D eigenvalue weighted by molar-refractivity contribution is 5.90. The number of benzene rings is 1. The molecule has 1 aromatic rings. The van der Waals surface area contributed by atoms with Gasteiger partial charge in [-0.1, -0.05) is 0 Å². The third-order valence-electron chi connectivity index (χ3n) is 4.56. The topological polar surface area (TPSA) is 43.9 Å². The lowest BCUT2D eigenvalue weighted by Crippen LogP contribution is -2.53. The van der Waals surface area contributed by atoms with Gasteiger partial charge in [0.15, 0.2) is 0 Å². The Hall–Kier alpha value is -2.11. The van der Waals surface area contributed by atoms with Crippen molar-refractivity contribution < 1.29 is 14.0 Å². The van der Waals surface area contributed by atoms with Crippen LogP contribution in [0.15, 0.2) is 24.3 Å². The fourth-order valence-corrected chi connectivity index (χ4v) is 3.14. The van der Waals surface area contributed by atoms with E-state index in [1.165, 1.54) is 12.1 Å².